The van der Waals surface area contributed by atoms with E-state index in [0.29, 0.717) is 0 Å². The number of aliphatic imine (C=N–C) groups is 2. The summed E-state index contributed by atoms with van der Waals surface area (Å²) < 4.78 is 3.39. The van der Waals surface area contributed by atoms with E-state index in [0.717, 1.165) is 0 Å². The predicted octanol–water partition coefficient (Wildman–Crippen LogP) is 2.30. The van der Waals surface area contributed by atoms with Gasteiger partial charge in [-0.15, -0.1) is 0 Å². The molecule has 0 radical (unpaired) electrons. The third kappa shape index (κ3) is 25.2. The Morgan fingerprint density at radius 2 is 1.04 bits per heavy atom. The first-order valence-electron chi connectivity index (χ1n) is 8.61. The van der Waals surface area contributed by atoms with Crippen LogP contribution in [0.4, 0.5) is 0 Å². The van der Waals surface area contributed by atoms with Crippen molar-refractivity contribution in [3.05, 3.63) is 0 Å². The van der Waals surface area contributed by atoms with Gasteiger partial charge in [0.2, 0.25) is 11.7 Å². The van der Waals surface area contributed by atoms with Crippen molar-refractivity contribution in [3.8, 4) is 0 Å². The predicted molar refractivity (Wildman–Crippen MR) is 116 cm³/mol. The zero-order valence-corrected chi connectivity index (χ0v) is 23.0. The number of hydrogen-bond acceptors (Lipinski definition) is 4. The average molecular weight is 498 g/mol. The molecule has 0 bridgehead atoms. The molecule has 0 aromatic heterocycles. The standard InChI is InChI=1S/2C4H8N2O2.2C4H11Si.Zr/c2*1-5-3(6-2)4(7)8;2*1-5(2,3)4;/h2*1-2H3,(H,5,6)(H,7,8);2*1H2,2-4H3;. The van der Waals surface area contributed by atoms with Gasteiger partial charge in [0.15, 0.2) is 0 Å². The molecule has 0 amide bonds. The van der Waals surface area contributed by atoms with Crippen LogP contribution in [0.1, 0.15) is 0 Å². The average Bonchev–Trinajstić information content (AvgIpc) is 2.47. The Kier molecular flexibility index (Phi) is 18.5. The number of carboxylic acid groups (broad SMARTS) is 2. The second-order valence-corrected chi connectivity index (χ2v) is 25.4. The number of nitrogens with zero attached hydrogens (tertiary/aromatic N) is 2. The van der Waals surface area contributed by atoms with E-state index in [1.54, 1.807) is 7.50 Å². The molecular formula is C16H38N4O4Si2Zr. The Balaban J connectivity index is -0.000000327. The zero-order chi connectivity index (χ0) is 22.3. The number of hydrogen-bond donors (Lipinski definition) is 4. The number of carboxylic acids is 2. The summed E-state index contributed by atoms with van der Waals surface area (Å²) in [6.45, 7) is 15.1. The monoisotopic (exact) mass is 496 g/mol. The minimum absolute atomic E-state index is 0.0231. The van der Waals surface area contributed by atoms with Crippen LogP contribution in [0.2, 0.25) is 46.8 Å². The first-order chi connectivity index (χ1) is 12.1. The Bertz CT molecular complexity index is 458. The zero-order valence-electron chi connectivity index (χ0n) is 18.5. The summed E-state index contributed by atoms with van der Waals surface area (Å²) >= 11 is 0.0654. The van der Waals surface area contributed by atoms with Gasteiger partial charge >= 0.3 is 98.1 Å². The molecular weight excluding hydrogens is 460 g/mol. The van der Waals surface area contributed by atoms with Crippen molar-refractivity contribution < 1.29 is 43.0 Å². The number of aliphatic carboxylic acids is 2. The van der Waals surface area contributed by atoms with Crippen molar-refractivity contribution in [3.63, 3.8) is 0 Å². The quantitative estimate of drug-likeness (QED) is 0.268. The Morgan fingerprint density at radius 1 is 0.778 bits per heavy atom. The van der Waals surface area contributed by atoms with Crippen molar-refractivity contribution in [1.82, 2.24) is 10.6 Å². The molecule has 0 rings (SSSR count). The molecule has 158 valence electrons. The van der Waals surface area contributed by atoms with E-state index in [1.807, 2.05) is 0 Å². The first kappa shape index (κ1) is 30.9. The second kappa shape index (κ2) is 16.2. The fourth-order valence-corrected chi connectivity index (χ4v) is 17.3. The molecule has 0 aromatic rings. The summed E-state index contributed by atoms with van der Waals surface area (Å²) in [5.74, 6) is -2.11. The van der Waals surface area contributed by atoms with Gasteiger partial charge in [-0.3, -0.25) is 9.98 Å². The van der Waals surface area contributed by atoms with Crippen LogP contribution >= 0.6 is 0 Å². The molecule has 0 spiro atoms. The van der Waals surface area contributed by atoms with Gasteiger partial charge < -0.3 is 20.8 Å². The van der Waals surface area contributed by atoms with E-state index in [2.05, 4.69) is 59.9 Å². The number of nitrogens with one attached hydrogen (secondary N) is 2. The fourth-order valence-electron chi connectivity index (χ4n) is 1.44. The Morgan fingerprint density at radius 3 is 1.11 bits per heavy atom. The summed E-state index contributed by atoms with van der Waals surface area (Å²) in [6.07, 6.45) is 0. The van der Waals surface area contributed by atoms with Crippen LogP contribution in [0.15, 0.2) is 9.98 Å². The molecule has 8 nitrogen and oxygen atoms in total. The molecule has 0 heterocycles. The number of likely N-dealkylation sites (N-methyl/N-ethyl adjacent to an activating group) is 2. The van der Waals surface area contributed by atoms with E-state index in [1.165, 1.54) is 28.2 Å². The van der Waals surface area contributed by atoms with E-state index in [9.17, 15) is 9.59 Å². The van der Waals surface area contributed by atoms with Gasteiger partial charge in [-0.05, 0) is 0 Å². The van der Waals surface area contributed by atoms with Gasteiger partial charge in [0.1, 0.15) is 0 Å². The van der Waals surface area contributed by atoms with Crippen molar-refractivity contribution in [2.45, 2.75) is 46.8 Å². The maximum atomic E-state index is 9.97. The van der Waals surface area contributed by atoms with Crippen molar-refractivity contribution >= 4 is 39.8 Å². The van der Waals surface area contributed by atoms with Crippen LogP contribution in [0, 0.1) is 0 Å². The molecule has 0 aliphatic heterocycles. The third-order valence-electron chi connectivity index (χ3n) is 2.64. The van der Waals surface area contributed by atoms with Gasteiger partial charge in [-0.1, -0.05) is 0 Å². The summed E-state index contributed by atoms with van der Waals surface area (Å²) in [6, 6.07) is 0. The molecule has 0 aliphatic rings. The summed E-state index contributed by atoms with van der Waals surface area (Å²) in [5, 5.41) is 21.2. The molecule has 0 unspecified atom stereocenters. The van der Waals surface area contributed by atoms with Crippen LogP contribution in [-0.4, -0.2) is 78.2 Å². The molecule has 0 aromatic carbocycles. The van der Waals surface area contributed by atoms with Crippen LogP contribution in [0.3, 0.4) is 0 Å². The Labute approximate surface area is 177 Å². The Hall–Kier alpha value is -0.803. The summed E-state index contributed by atoms with van der Waals surface area (Å²) in [5.41, 5.74) is 0. The molecule has 4 N–H and O–H groups in total. The molecule has 0 aliphatic carbocycles. The maximum absolute atomic E-state index is 9.97. The second-order valence-electron chi connectivity index (χ2n) is 7.98. The van der Waals surface area contributed by atoms with Crippen molar-refractivity contribution in [2.75, 3.05) is 28.2 Å². The fraction of sp³-hybridized carbons (Fsp3) is 0.750. The summed E-state index contributed by atoms with van der Waals surface area (Å²) in [4.78, 5) is 26.8. The van der Waals surface area contributed by atoms with Crippen LogP contribution < -0.4 is 10.6 Å². The number of rotatable bonds is 4. The molecule has 0 fully saturated rings. The van der Waals surface area contributed by atoms with Gasteiger partial charge in [-0.2, -0.15) is 0 Å². The van der Waals surface area contributed by atoms with E-state index >= 15 is 0 Å². The van der Waals surface area contributed by atoms with Gasteiger partial charge in [-0.25, -0.2) is 9.59 Å². The minimum atomic E-state index is -1.03. The van der Waals surface area contributed by atoms with Crippen molar-refractivity contribution in [1.29, 1.82) is 0 Å². The molecule has 0 saturated heterocycles. The third-order valence-corrected chi connectivity index (χ3v) is 24.6. The molecule has 27 heavy (non-hydrogen) atoms. The SMILES string of the molecule is CN=C(NC)C(=O)O.CN=C(NC)C(=O)O.C[Si](C)(C)[CH2][Zr][CH2][Si](C)(C)C. The first-order valence-corrected chi connectivity index (χ1v) is 19.5. The van der Waals surface area contributed by atoms with E-state index in [-0.39, 0.29) is 34.9 Å². The van der Waals surface area contributed by atoms with Gasteiger partial charge in [0.25, 0.3) is 0 Å². The van der Waals surface area contributed by atoms with E-state index < -0.39 is 28.1 Å². The normalized spacial score (nSPS) is 11.9. The van der Waals surface area contributed by atoms with Crippen molar-refractivity contribution in [2.24, 2.45) is 9.98 Å². The molecule has 11 heteroatoms. The molecule has 0 atom stereocenters. The van der Waals surface area contributed by atoms with Gasteiger partial charge in [0.05, 0.1) is 0 Å². The van der Waals surface area contributed by atoms with Crippen LogP contribution in [0.25, 0.3) is 0 Å². The topological polar surface area (TPSA) is 123 Å². The number of carbonyl (C=O) groups is 2. The van der Waals surface area contributed by atoms with E-state index in [4.69, 9.17) is 10.2 Å². The van der Waals surface area contributed by atoms with Crippen LogP contribution in [0.5, 0.6) is 0 Å². The number of amidine groups is 2. The molecule has 0 saturated carbocycles. The summed E-state index contributed by atoms with van der Waals surface area (Å²) in [7, 11) is 4.54. The van der Waals surface area contributed by atoms with Crippen LogP contribution in [-0.2, 0) is 32.8 Å². The van der Waals surface area contributed by atoms with Gasteiger partial charge in [0, 0.05) is 28.2 Å².